The summed E-state index contributed by atoms with van der Waals surface area (Å²) in [5.41, 5.74) is 6.67. The lowest BCUT2D eigenvalue weighted by Gasteiger charge is -2.13. The van der Waals surface area contributed by atoms with E-state index < -0.39 is 0 Å². The van der Waals surface area contributed by atoms with E-state index in [9.17, 15) is 0 Å². The van der Waals surface area contributed by atoms with Crippen LogP contribution in [0.15, 0.2) is 0 Å². The van der Waals surface area contributed by atoms with Gasteiger partial charge in [0.05, 0.1) is 0 Å². The molecule has 0 radical (unpaired) electrons. The lowest BCUT2D eigenvalue weighted by molar-refractivity contribution is 0.440. The van der Waals surface area contributed by atoms with Crippen molar-refractivity contribution < 1.29 is 0 Å². The van der Waals surface area contributed by atoms with Crippen LogP contribution in [0.4, 0.5) is 0 Å². The molecule has 0 aromatic heterocycles. The van der Waals surface area contributed by atoms with Crippen LogP contribution in [0.25, 0.3) is 0 Å². The normalized spacial score (nSPS) is 46.0. The van der Waals surface area contributed by atoms with Crippen LogP contribution < -0.4 is 5.73 Å². The van der Waals surface area contributed by atoms with Crippen molar-refractivity contribution in [1.82, 2.24) is 0 Å². The van der Waals surface area contributed by atoms with Crippen molar-refractivity contribution in [1.29, 1.82) is 0 Å². The van der Waals surface area contributed by atoms with Gasteiger partial charge in [-0.15, -0.1) is 0 Å². The molecule has 2 aliphatic carbocycles. The molecule has 1 nitrogen and oxygen atoms in total. The summed E-state index contributed by atoms with van der Waals surface area (Å²) in [5.74, 6) is 2.57. The third-order valence-corrected chi connectivity index (χ3v) is 3.80. The topological polar surface area (TPSA) is 26.0 Å². The second-order valence-electron chi connectivity index (χ2n) is 5.21. The largest absolute Gasteiger partial charge is 0.325 e. The highest BCUT2D eigenvalue weighted by Crippen LogP contribution is 2.59. The summed E-state index contributed by atoms with van der Waals surface area (Å²) in [6, 6.07) is 0. The molecule has 2 N–H and O–H groups in total. The quantitative estimate of drug-likeness (QED) is 0.672. The van der Waals surface area contributed by atoms with Crippen LogP contribution in [0, 0.1) is 17.8 Å². The Morgan fingerprint density at radius 3 is 2.17 bits per heavy atom. The zero-order valence-corrected chi connectivity index (χ0v) is 8.34. The fraction of sp³-hybridized carbons (Fsp3) is 1.00. The molecule has 2 aliphatic rings. The number of hydrogen-bond acceptors (Lipinski definition) is 1. The maximum Gasteiger partial charge on any atom is 0.0220 e. The molecule has 0 spiro atoms. The molecular weight excluding hydrogens is 146 g/mol. The van der Waals surface area contributed by atoms with E-state index in [4.69, 9.17) is 5.73 Å². The van der Waals surface area contributed by atoms with E-state index in [1.165, 1.54) is 32.1 Å². The highest BCUT2D eigenvalue weighted by molar-refractivity contribution is 5.16. The first-order chi connectivity index (χ1) is 5.64. The zero-order chi connectivity index (χ0) is 8.77. The van der Waals surface area contributed by atoms with Crippen LogP contribution in [0.5, 0.6) is 0 Å². The number of fused-ring (bicyclic) bond motifs is 1. The van der Waals surface area contributed by atoms with Crippen molar-refractivity contribution in [3.05, 3.63) is 0 Å². The fourth-order valence-corrected chi connectivity index (χ4v) is 3.31. The first-order valence-electron chi connectivity index (χ1n) is 5.43. The summed E-state index contributed by atoms with van der Waals surface area (Å²) in [7, 11) is 0. The van der Waals surface area contributed by atoms with E-state index in [0.29, 0.717) is 0 Å². The summed E-state index contributed by atoms with van der Waals surface area (Å²) in [4.78, 5) is 0. The maximum atomic E-state index is 6.40. The minimum atomic E-state index is 0.269. The lowest BCUT2D eigenvalue weighted by atomic mass is 9.99. The van der Waals surface area contributed by atoms with E-state index in [0.717, 1.165) is 17.8 Å². The Morgan fingerprint density at radius 2 is 1.75 bits per heavy atom. The molecule has 0 bridgehead atoms. The van der Waals surface area contributed by atoms with Gasteiger partial charge in [0.2, 0.25) is 0 Å². The first kappa shape index (κ1) is 8.55. The van der Waals surface area contributed by atoms with Gasteiger partial charge in [0.15, 0.2) is 0 Å². The zero-order valence-electron chi connectivity index (χ0n) is 8.34. The van der Waals surface area contributed by atoms with Crippen LogP contribution in [-0.4, -0.2) is 5.54 Å². The summed E-state index contributed by atoms with van der Waals surface area (Å²) < 4.78 is 0. The van der Waals surface area contributed by atoms with Gasteiger partial charge in [-0.1, -0.05) is 26.7 Å². The van der Waals surface area contributed by atoms with E-state index in [1.807, 2.05) is 0 Å². The van der Waals surface area contributed by atoms with Crippen LogP contribution in [-0.2, 0) is 0 Å². The van der Waals surface area contributed by atoms with Gasteiger partial charge in [0.25, 0.3) is 0 Å². The highest BCUT2D eigenvalue weighted by Gasteiger charge is 2.61. The van der Waals surface area contributed by atoms with Crippen molar-refractivity contribution in [2.24, 2.45) is 23.5 Å². The summed E-state index contributed by atoms with van der Waals surface area (Å²) in [5, 5.41) is 0. The standard InChI is InChI=1S/C11H21N/c1-8(2)7-11(12)9-5-3-4-6-10(9)11/h8-10H,3-7,12H2,1-2H3. The van der Waals surface area contributed by atoms with Crippen molar-refractivity contribution in [3.8, 4) is 0 Å². The number of hydrogen-bond donors (Lipinski definition) is 1. The number of rotatable bonds is 2. The molecule has 2 atom stereocenters. The molecule has 0 heterocycles. The van der Waals surface area contributed by atoms with E-state index in [2.05, 4.69) is 13.8 Å². The predicted molar refractivity (Wildman–Crippen MR) is 51.8 cm³/mol. The van der Waals surface area contributed by atoms with E-state index >= 15 is 0 Å². The van der Waals surface area contributed by atoms with E-state index in [1.54, 1.807) is 0 Å². The van der Waals surface area contributed by atoms with Gasteiger partial charge < -0.3 is 5.73 Å². The Labute approximate surface area is 75.7 Å². The Balaban J connectivity index is 1.96. The molecule has 0 aromatic rings. The van der Waals surface area contributed by atoms with Crippen LogP contribution in [0.1, 0.15) is 46.0 Å². The molecule has 0 saturated heterocycles. The molecule has 0 aromatic carbocycles. The predicted octanol–water partition coefficient (Wildman–Crippen LogP) is 2.55. The number of nitrogens with two attached hydrogens (primary N) is 1. The van der Waals surface area contributed by atoms with Crippen LogP contribution in [0.2, 0.25) is 0 Å². The second kappa shape index (κ2) is 2.73. The van der Waals surface area contributed by atoms with Gasteiger partial charge in [0.1, 0.15) is 0 Å². The lowest BCUT2D eigenvalue weighted by Crippen LogP contribution is -2.28. The average molecular weight is 167 g/mol. The highest BCUT2D eigenvalue weighted by atomic mass is 14.9. The Morgan fingerprint density at radius 1 is 1.25 bits per heavy atom. The molecule has 2 saturated carbocycles. The smallest absolute Gasteiger partial charge is 0.0220 e. The molecule has 0 amide bonds. The minimum absolute atomic E-state index is 0.269. The average Bonchev–Trinajstić information content (AvgIpc) is 2.57. The SMILES string of the molecule is CC(C)CC1(N)C2CCCCC21. The van der Waals surface area contributed by atoms with Gasteiger partial charge in [-0.2, -0.15) is 0 Å². The summed E-state index contributed by atoms with van der Waals surface area (Å²) >= 11 is 0. The minimum Gasteiger partial charge on any atom is -0.325 e. The third kappa shape index (κ3) is 1.19. The summed E-state index contributed by atoms with van der Waals surface area (Å²) in [6.07, 6.45) is 6.93. The Kier molecular flexibility index (Phi) is 1.95. The molecule has 12 heavy (non-hydrogen) atoms. The monoisotopic (exact) mass is 167 g/mol. The molecule has 2 fully saturated rings. The molecule has 2 rings (SSSR count). The van der Waals surface area contributed by atoms with Gasteiger partial charge in [0, 0.05) is 5.54 Å². The van der Waals surface area contributed by atoms with Gasteiger partial charge in [-0.25, -0.2) is 0 Å². The van der Waals surface area contributed by atoms with Crippen molar-refractivity contribution >= 4 is 0 Å². The first-order valence-corrected chi connectivity index (χ1v) is 5.43. The van der Waals surface area contributed by atoms with Crippen LogP contribution in [0.3, 0.4) is 0 Å². The van der Waals surface area contributed by atoms with Gasteiger partial charge in [-0.3, -0.25) is 0 Å². The third-order valence-electron chi connectivity index (χ3n) is 3.80. The molecule has 1 heteroatoms. The van der Waals surface area contributed by atoms with E-state index in [-0.39, 0.29) is 5.54 Å². The molecule has 0 aliphatic heterocycles. The second-order valence-corrected chi connectivity index (χ2v) is 5.21. The van der Waals surface area contributed by atoms with Crippen LogP contribution >= 0.6 is 0 Å². The Bertz CT molecular complexity index is 162. The van der Waals surface area contributed by atoms with Crippen molar-refractivity contribution in [2.45, 2.75) is 51.5 Å². The Hall–Kier alpha value is -0.0400. The van der Waals surface area contributed by atoms with Gasteiger partial charge in [-0.05, 0) is 37.0 Å². The van der Waals surface area contributed by atoms with Gasteiger partial charge >= 0.3 is 0 Å². The maximum absolute atomic E-state index is 6.40. The fourth-order valence-electron chi connectivity index (χ4n) is 3.31. The molecule has 2 unspecified atom stereocenters. The summed E-state index contributed by atoms with van der Waals surface area (Å²) in [6.45, 7) is 4.58. The molecule has 70 valence electrons. The molecular formula is C11H21N. The van der Waals surface area contributed by atoms with Crippen molar-refractivity contribution in [2.75, 3.05) is 0 Å². The van der Waals surface area contributed by atoms with Crippen molar-refractivity contribution in [3.63, 3.8) is 0 Å².